The summed E-state index contributed by atoms with van der Waals surface area (Å²) in [6, 6.07) is 10.0. The van der Waals surface area contributed by atoms with E-state index in [2.05, 4.69) is 22.5 Å². The van der Waals surface area contributed by atoms with Gasteiger partial charge in [0.05, 0.1) is 6.26 Å². The number of hydrogen-bond acceptors (Lipinski definition) is 3. The minimum atomic E-state index is 0.853. The Kier molecular flexibility index (Phi) is 2.31. The maximum absolute atomic E-state index is 5.36. The van der Waals surface area contributed by atoms with Gasteiger partial charge in [-0.15, -0.1) is 11.3 Å². The fourth-order valence-electron chi connectivity index (χ4n) is 1.60. The predicted molar refractivity (Wildman–Crippen MR) is 65.3 cm³/mol. The molecule has 0 N–H and O–H groups in total. The molecule has 3 aromatic heterocycles. The molecule has 3 aromatic rings. The van der Waals surface area contributed by atoms with Gasteiger partial charge in [0.25, 0.3) is 0 Å². The molecule has 0 atom stereocenters. The first-order chi connectivity index (χ1) is 7.93. The van der Waals surface area contributed by atoms with Gasteiger partial charge in [-0.05, 0) is 29.6 Å². The molecule has 3 heterocycles. The molecule has 0 saturated heterocycles. The molecule has 3 heteroatoms. The molecule has 0 aliphatic carbocycles. The third-order valence-corrected chi connectivity index (χ3v) is 3.27. The van der Waals surface area contributed by atoms with Gasteiger partial charge in [-0.3, -0.25) is 4.98 Å². The van der Waals surface area contributed by atoms with E-state index in [0.717, 1.165) is 16.9 Å². The summed E-state index contributed by atoms with van der Waals surface area (Å²) in [5.41, 5.74) is 2.14. The van der Waals surface area contributed by atoms with Gasteiger partial charge in [-0.1, -0.05) is 6.07 Å². The Bertz CT molecular complexity index is 520. The number of rotatable bonds is 2. The molecule has 3 rings (SSSR count). The molecule has 0 aliphatic heterocycles. The van der Waals surface area contributed by atoms with E-state index >= 15 is 0 Å². The minimum absolute atomic E-state index is 0.853. The van der Waals surface area contributed by atoms with Gasteiger partial charge in [0.1, 0.15) is 5.76 Å². The van der Waals surface area contributed by atoms with Gasteiger partial charge in [-0.2, -0.15) is 0 Å². The number of furan rings is 1. The number of nitrogens with zero attached hydrogens (tertiary/aromatic N) is 1. The standard InChI is InChI=1S/C13H9NOS/c1-3-12(15-5-1)10-7-11(9-14-8-10)13-4-2-6-16-13/h1-9H. The highest BCUT2D eigenvalue weighted by molar-refractivity contribution is 7.13. The van der Waals surface area contributed by atoms with E-state index in [-0.39, 0.29) is 0 Å². The molecule has 0 aromatic carbocycles. The number of thiophene rings is 1. The Balaban J connectivity index is 2.07. The summed E-state index contributed by atoms with van der Waals surface area (Å²) in [5, 5.41) is 2.06. The number of pyridine rings is 1. The summed E-state index contributed by atoms with van der Waals surface area (Å²) in [7, 11) is 0. The normalized spacial score (nSPS) is 10.5. The molecule has 0 saturated carbocycles. The van der Waals surface area contributed by atoms with Crippen molar-refractivity contribution in [3.05, 3.63) is 54.4 Å². The lowest BCUT2D eigenvalue weighted by molar-refractivity contribution is 0.582. The second-order valence-electron chi connectivity index (χ2n) is 3.42. The molecule has 0 fully saturated rings. The average Bonchev–Trinajstić information content (AvgIpc) is 3.03. The van der Waals surface area contributed by atoms with Crippen LogP contribution in [0.3, 0.4) is 0 Å². The van der Waals surface area contributed by atoms with E-state index in [1.54, 1.807) is 17.6 Å². The van der Waals surface area contributed by atoms with Gasteiger partial charge in [0, 0.05) is 28.4 Å². The zero-order chi connectivity index (χ0) is 10.8. The third kappa shape index (κ3) is 1.66. The van der Waals surface area contributed by atoms with E-state index in [1.807, 2.05) is 30.6 Å². The van der Waals surface area contributed by atoms with Crippen LogP contribution in [0.15, 0.2) is 58.8 Å². The van der Waals surface area contributed by atoms with Crippen molar-refractivity contribution < 1.29 is 4.42 Å². The fourth-order valence-corrected chi connectivity index (χ4v) is 2.30. The summed E-state index contributed by atoms with van der Waals surface area (Å²) in [6.07, 6.45) is 5.36. The van der Waals surface area contributed by atoms with Crippen LogP contribution >= 0.6 is 11.3 Å². The smallest absolute Gasteiger partial charge is 0.135 e. The van der Waals surface area contributed by atoms with Crippen LogP contribution in [0.1, 0.15) is 0 Å². The van der Waals surface area contributed by atoms with Crippen LogP contribution in [0.5, 0.6) is 0 Å². The SMILES string of the molecule is c1coc(-c2cncc(-c3cccs3)c2)c1. The van der Waals surface area contributed by atoms with E-state index in [1.165, 1.54) is 4.88 Å². The summed E-state index contributed by atoms with van der Waals surface area (Å²) in [6.45, 7) is 0. The molecule has 0 aliphatic rings. The molecule has 0 unspecified atom stereocenters. The van der Waals surface area contributed by atoms with Crippen LogP contribution in [-0.4, -0.2) is 4.98 Å². The lowest BCUT2D eigenvalue weighted by Crippen LogP contribution is -1.80. The van der Waals surface area contributed by atoms with Gasteiger partial charge in [0.2, 0.25) is 0 Å². The first kappa shape index (κ1) is 9.36. The Morgan fingerprint density at radius 3 is 2.75 bits per heavy atom. The van der Waals surface area contributed by atoms with Gasteiger partial charge >= 0.3 is 0 Å². The highest BCUT2D eigenvalue weighted by Gasteiger charge is 2.04. The van der Waals surface area contributed by atoms with Crippen LogP contribution in [0, 0.1) is 0 Å². The fraction of sp³-hybridized carbons (Fsp3) is 0. The molecule has 0 radical (unpaired) electrons. The quantitative estimate of drug-likeness (QED) is 0.659. The van der Waals surface area contributed by atoms with Crippen molar-refractivity contribution in [3.63, 3.8) is 0 Å². The third-order valence-electron chi connectivity index (χ3n) is 2.35. The van der Waals surface area contributed by atoms with Gasteiger partial charge in [0.15, 0.2) is 0 Å². The molecule has 0 amide bonds. The van der Waals surface area contributed by atoms with E-state index < -0.39 is 0 Å². The Morgan fingerprint density at radius 2 is 2.00 bits per heavy atom. The van der Waals surface area contributed by atoms with Crippen LogP contribution in [0.4, 0.5) is 0 Å². The average molecular weight is 227 g/mol. The summed E-state index contributed by atoms with van der Waals surface area (Å²) >= 11 is 1.71. The predicted octanol–water partition coefficient (Wildman–Crippen LogP) is 4.07. The maximum atomic E-state index is 5.36. The van der Waals surface area contributed by atoms with Crippen molar-refractivity contribution in [2.45, 2.75) is 0 Å². The minimum Gasteiger partial charge on any atom is -0.464 e. The Labute approximate surface area is 97.2 Å². The first-order valence-electron chi connectivity index (χ1n) is 4.96. The second kappa shape index (κ2) is 3.94. The zero-order valence-electron chi connectivity index (χ0n) is 8.46. The molecular weight excluding hydrogens is 218 g/mol. The molecule has 2 nitrogen and oxygen atoms in total. The maximum Gasteiger partial charge on any atom is 0.135 e. The zero-order valence-corrected chi connectivity index (χ0v) is 9.28. The van der Waals surface area contributed by atoms with Crippen LogP contribution in [0.25, 0.3) is 21.8 Å². The van der Waals surface area contributed by atoms with Gasteiger partial charge in [-0.25, -0.2) is 0 Å². The van der Waals surface area contributed by atoms with Crippen molar-refractivity contribution in [2.24, 2.45) is 0 Å². The molecule has 0 spiro atoms. The van der Waals surface area contributed by atoms with Crippen molar-refractivity contribution >= 4 is 11.3 Å². The Hall–Kier alpha value is -1.87. The topological polar surface area (TPSA) is 26.0 Å². The highest BCUT2D eigenvalue weighted by Crippen LogP contribution is 2.28. The van der Waals surface area contributed by atoms with E-state index in [9.17, 15) is 0 Å². The van der Waals surface area contributed by atoms with Crippen molar-refractivity contribution in [2.75, 3.05) is 0 Å². The largest absolute Gasteiger partial charge is 0.464 e. The van der Waals surface area contributed by atoms with Crippen molar-refractivity contribution in [3.8, 4) is 21.8 Å². The van der Waals surface area contributed by atoms with Crippen LogP contribution in [-0.2, 0) is 0 Å². The monoisotopic (exact) mass is 227 g/mol. The molecule has 16 heavy (non-hydrogen) atoms. The summed E-state index contributed by atoms with van der Waals surface area (Å²) < 4.78 is 5.36. The highest BCUT2D eigenvalue weighted by atomic mass is 32.1. The summed E-state index contributed by atoms with van der Waals surface area (Å²) in [5.74, 6) is 0.853. The molecule has 0 bridgehead atoms. The van der Waals surface area contributed by atoms with E-state index in [4.69, 9.17) is 4.42 Å². The van der Waals surface area contributed by atoms with Gasteiger partial charge < -0.3 is 4.42 Å². The molecule has 78 valence electrons. The van der Waals surface area contributed by atoms with Crippen molar-refractivity contribution in [1.29, 1.82) is 0 Å². The number of aromatic nitrogens is 1. The summed E-state index contributed by atoms with van der Waals surface area (Å²) in [4.78, 5) is 5.47. The number of hydrogen-bond donors (Lipinski definition) is 0. The second-order valence-corrected chi connectivity index (χ2v) is 4.36. The van der Waals surface area contributed by atoms with Crippen molar-refractivity contribution in [1.82, 2.24) is 4.98 Å². The Morgan fingerprint density at radius 1 is 1.06 bits per heavy atom. The lowest BCUT2D eigenvalue weighted by Gasteiger charge is -2.00. The van der Waals surface area contributed by atoms with Crippen LogP contribution in [0.2, 0.25) is 0 Å². The lowest BCUT2D eigenvalue weighted by atomic mass is 10.1. The van der Waals surface area contributed by atoms with Crippen LogP contribution < -0.4 is 0 Å². The first-order valence-corrected chi connectivity index (χ1v) is 5.84. The molecular formula is C13H9NOS. The van der Waals surface area contributed by atoms with E-state index in [0.29, 0.717) is 0 Å².